The van der Waals surface area contributed by atoms with Gasteiger partial charge in [-0.1, -0.05) is 0 Å². The van der Waals surface area contributed by atoms with Crippen molar-refractivity contribution in [3.8, 4) is 0 Å². The Morgan fingerprint density at radius 2 is 2.09 bits per heavy atom. The molecule has 0 bridgehead atoms. The molecule has 1 heterocycles. The Morgan fingerprint density at radius 1 is 1.45 bits per heavy atom. The van der Waals surface area contributed by atoms with Crippen molar-refractivity contribution in [3.05, 3.63) is 0 Å². The first kappa shape index (κ1) is 8.97. The average Bonchev–Trinajstić information content (AvgIpc) is 2.06. The molecule has 0 spiro atoms. The van der Waals surface area contributed by atoms with Gasteiger partial charge >= 0.3 is 0 Å². The molecule has 0 saturated carbocycles. The van der Waals surface area contributed by atoms with E-state index in [9.17, 15) is 0 Å². The van der Waals surface area contributed by atoms with E-state index in [1.807, 2.05) is 0 Å². The summed E-state index contributed by atoms with van der Waals surface area (Å²) in [5.41, 5.74) is 5.63. The minimum atomic E-state index is -0.00176. The van der Waals surface area contributed by atoms with E-state index in [-0.39, 0.29) is 12.6 Å². The Morgan fingerprint density at radius 3 is 2.64 bits per heavy atom. The number of nitrogens with two attached hydrogens (primary N) is 1. The summed E-state index contributed by atoms with van der Waals surface area (Å²) in [6, 6.07) is -0.00176. The van der Waals surface area contributed by atoms with Crippen molar-refractivity contribution in [3.63, 3.8) is 0 Å². The highest BCUT2D eigenvalue weighted by Gasteiger charge is 2.15. The number of aliphatic hydroxyl groups is 1. The van der Waals surface area contributed by atoms with Crippen molar-refractivity contribution in [1.82, 2.24) is 5.32 Å². The summed E-state index contributed by atoms with van der Waals surface area (Å²) in [7, 11) is 0. The highest BCUT2D eigenvalue weighted by atomic mass is 16.3. The summed E-state index contributed by atoms with van der Waals surface area (Å²) >= 11 is 0. The second-order valence-corrected chi connectivity index (χ2v) is 3.37. The van der Waals surface area contributed by atoms with Gasteiger partial charge in [0.1, 0.15) is 0 Å². The molecule has 0 amide bonds. The molecule has 4 N–H and O–H groups in total. The van der Waals surface area contributed by atoms with Crippen LogP contribution in [-0.2, 0) is 0 Å². The molecule has 1 atom stereocenters. The normalized spacial score (nSPS) is 23.5. The van der Waals surface area contributed by atoms with Gasteiger partial charge in [0, 0.05) is 6.04 Å². The number of piperidine rings is 1. The van der Waals surface area contributed by atoms with E-state index in [0.717, 1.165) is 25.4 Å². The van der Waals surface area contributed by atoms with E-state index < -0.39 is 0 Å². The van der Waals surface area contributed by atoms with Crippen molar-refractivity contribution in [2.45, 2.75) is 25.3 Å². The summed E-state index contributed by atoms with van der Waals surface area (Å²) in [6.07, 6.45) is 3.42. The van der Waals surface area contributed by atoms with E-state index in [4.69, 9.17) is 10.8 Å². The maximum atomic E-state index is 8.72. The fourth-order valence-electron chi connectivity index (χ4n) is 1.62. The molecule has 1 aliphatic rings. The average molecular weight is 158 g/mol. The van der Waals surface area contributed by atoms with Crippen molar-refractivity contribution < 1.29 is 5.11 Å². The standard InChI is InChI=1S/C8H18N2O/c9-8(6-11)5-7-1-3-10-4-2-7/h7-8,10-11H,1-6,9H2. The lowest BCUT2D eigenvalue weighted by Crippen LogP contribution is -2.33. The van der Waals surface area contributed by atoms with Crippen LogP contribution in [0.2, 0.25) is 0 Å². The van der Waals surface area contributed by atoms with Gasteiger partial charge in [0.2, 0.25) is 0 Å². The van der Waals surface area contributed by atoms with Crippen LogP contribution in [0.25, 0.3) is 0 Å². The fourth-order valence-corrected chi connectivity index (χ4v) is 1.62. The van der Waals surface area contributed by atoms with Crippen LogP contribution >= 0.6 is 0 Å². The third kappa shape index (κ3) is 3.18. The van der Waals surface area contributed by atoms with Gasteiger partial charge in [0.25, 0.3) is 0 Å². The molecule has 1 aliphatic heterocycles. The highest BCUT2D eigenvalue weighted by Crippen LogP contribution is 2.16. The molecular weight excluding hydrogens is 140 g/mol. The minimum Gasteiger partial charge on any atom is -0.395 e. The molecule has 1 unspecified atom stereocenters. The maximum absolute atomic E-state index is 8.72. The first-order valence-electron chi connectivity index (χ1n) is 4.40. The molecule has 0 radical (unpaired) electrons. The topological polar surface area (TPSA) is 58.3 Å². The lowest BCUT2D eigenvalue weighted by molar-refractivity contribution is 0.231. The smallest absolute Gasteiger partial charge is 0.0582 e. The van der Waals surface area contributed by atoms with Crippen LogP contribution in [0.15, 0.2) is 0 Å². The van der Waals surface area contributed by atoms with Crippen LogP contribution in [0.3, 0.4) is 0 Å². The van der Waals surface area contributed by atoms with E-state index in [0.29, 0.717) is 0 Å². The Bertz CT molecular complexity index is 102. The van der Waals surface area contributed by atoms with E-state index in [1.165, 1.54) is 12.8 Å². The van der Waals surface area contributed by atoms with Crippen molar-refractivity contribution in [2.24, 2.45) is 11.7 Å². The molecule has 1 saturated heterocycles. The third-order valence-electron chi connectivity index (χ3n) is 2.33. The van der Waals surface area contributed by atoms with Gasteiger partial charge in [-0.2, -0.15) is 0 Å². The lowest BCUT2D eigenvalue weighted by Gasteiger charge is -2.24. The first-order chi connectivity index (χ1) is 5.33. The third-order valence-corrected chi connectivity index (χ3v) is 2.33. The van der Waals surface area contributed by atoms with Gasteiger partial charge in [0.05, 0.1) is 6.61 Å². The predicted octanol–water partition coefficient (Wildman–Crippen LogP) is -0.304. The monoisotopic (exact) mass is 158 g/mol. The van der Waals surface area contributed by atoms with Crippen molar-refractivity contribution in [2.75, 3.05) is 19.7 Å². The van der Waals surface area contributed by atoms with Gasteiger partial charge in [0.15, 0.2) is 0 Å². The molecule has 0 aliphatic carbocycles. The van der Waals surface area contributed by atoms with E-state index in [2.05, 4.69) is 5.32 Å². The summed E-state index contributed by atoms with van der Waals surface area (Å²) in [4.78, 5) is 0. The van der Waals surface area contributed by atoms with E-state index in [1.54, 1.807) is 0 Å². The lowest BCUT2D eigenvalue weighted by atomic mass is 9.92. The van der Waals surface area contributed by atoms with Gasteiger partial charge in [-0.05, 0) is 38.3 Å². The van der Waals surface area contributed by atoms with E-state index >= 15 is 0 Å². The summed E-state index contributed by atoms with van der Waals surface area (Å²) in [5, 5.41) is 12.0. The maximum Gasteiger partial charge on any atom is 0.0582 e. The molecule has 1 fully saturated rings. The fraction of sp³-hybridized carbons (Fsp3) is 1.00. The molecule has 1 rings (SSSR count). The Kier molecular flexibility index (Phi) is 3.83. The van der Waals surface area contributed by atoms with Gasteiger partial charge in [-0.15, -0.1) is 0 Å². The van der Waals surface area contributed by atoms with Gasteiger partial charge < -0.3 is 16.2 Å². The minimum absolute atomic E-state index is 0.00176. The van der Waals surface area contributed by atoms with Gasteiger partial charge in [-0.25, -0.2) is 0 Å². The van der Waals surface area contributed by atoms with Crippen LogP contribution in [0.4, 0.5) is 0 Å². The summed E-state index contributed by atoms with van der Waals surface area (Å²) < 4.78 is 0. The number of hydrogen-bond acceptors (Lipinski definition) is 3. The summed E-state index contributed by atoms with van der Waals surface area (Å²) in [6.45, 7) is 2.36. The molecule has 11 heavy (non-hydrogen) atoms. The number of nitrogens with one attached hydrogen (secondary N) is 1. The molecule has 0 aromatic heterocycles. The molecule has 0 aromatic carbocycles. The SMILES string of the molecule is NC(CO)CC1CCNCC1. The Labute approximate surface area is 68.0 Å². The first-order valence-corrected chi connectivity index (χ1v) is 4.40. The van der Waals surface area contributed by atoms with Crippen LogP contribution in [-0.4, -0.2) is 30.8 Å². The largest absolute Gasteiger partial charge is 0.395 e. The molecule has 66 valence electrons. The van der Waals surface area contributed by atoms with Gasteiger partial charge in [-0.3, -0.25) is 0 Å². The van der Waals surface area contributed by atoms with Crippen LogP contribution in [0.1, 0.15) is 19.3 Å². The number of aliphatic hydroxyl groups excluding tert-OH is 1. The zero-order valence-electron chi connectivity index (χ0n) is 6.92. The van der Waals surface area contributed by atoms with Crippen LogP contribution in [0.5, 0.6) is 0 Å². The Hall–Kier alpha value is -0.120. The highest BCUT2D eigenvalue weighted by molar-refractivity contribution is 4.73. The zero-order chi connectivity index (χ0) is 8.10. The molecular formula is C8H18N2O. The number of hydrogen-bond donors (Lipinski definition) is 3. The molecule has 0 aromatic rings. The summed E-state index contributed by atoms with van der Waals surface area (Å²) in [5.74, 6) is 0.735. The van der Waals surface area contributed by atoms with Crippen LogP contribution in [0, 0.1) is 5.92 Å². The Balaban J connectivity index is 2.13. The second-order valence-electron chi connectivity index (χ2n) is 3.37. The quantitative estimate of drug-likeness (QED) is 0.528. The zero-order valence-corrected chi connectivity index (χ0v) is 6.92. The van der Waals surface area contributed by atoms with Crippen molar-refractivity contribution in [1.29, 1.82) is 0 Å². The second kappa shape index (κ2) is 4.70. The van der Waals surface area contributed by atoms with Crippen LogP contribution < -0.4 is 11.1 Å². The number of rotatable bonds is 3. The predicted molar refractivity (Wildman–Crippen MR) is 45.3 cm³/mol. The molecule has 3 heteroatoms. The molecule has 3 nitrogen and oxygen atoms in total. The van der Waals surface area contributed by atoms with Crippen molar-refractivity contribution >= 4 is 0 Å².